The summed E-state index contributed by atoms with van der Waals surface area (Å²) in [5, 5.41) is 10.5. The summed E-state index contributed by atoms with van der Waals surface area (Å²) >= 11 is 0. The van der Waals surface area contributed by atoms with Gasteiger partial charge in [0.1, 0.15) is 0 Å². The Labute approximate surface area is 121 Å². The van der Waals surface area contributed by atoms with Gasteiger partial charge in [-0.15, -0.1) is 0 Å². The van der Waals surface area contributed by atoms with Gasteiger partial charge in [0.15, 0.2) is 5.78 Å². The standard InChI is InChI=1S/C17H25NO2/c1-12-9-13-11-15(19)14-5-3-7-18(2)8-4-6-17(13,14)16(20)10-12/h3,5,10,13-15,19H,4,6-9,11H2,1-2H3/t13-,14-,15+,17-/m0/s1. The molecule has 1 saturated carbocycles. The monoisotopic (exact) mass is 275 g/mol. The zero-order valence-electron chi connectivity index (χ0n) is 12.5. The second-order valence-electron chi connectivity index (χ2n) is 6.92. The predicted octanol–water partition coefficient (Wildman–Crippen LogP) is 2.17. The molecule has 1 N–H and O–H groups in total. The molecule has 0 aromatic rings. The number of allylic oxidation sites excluding steroid dienone is 2. The maximum Gasteiger partial charge on any atom is 0.162 e. The smallest absolute Gasteiger partial charge is 0.162 e. The highest BCUT2D eigenvalue weighted by Gasteiger charge is 2.57. The summed E-state index contributed by atoms with van der Waals surface area (Å²) in [6, 6.07) is 0. The summed E-state index contributed by atoms with van der Waals surface area (Å²) in [5.74, 6) is 0.603. The van der Waals surface area contributed by atoms with Crippen LogP contribution in [0, 0.1) is 17.3 Å². The molecule has 1 aliphatic heterocycles. The third-order valence-corrected chi connectivity index (χ3v) is 5.56. The molecule has 3 rings (SSSR count). The van der Waals surface area contributed by atoms with Crippen LogP contribution in [-0.4, -0.2) is 42.0 Å². The molecule has 0 unspecified atom stereocenters. The topological polar surface area (TPSA) is 40.5 Å². The highest BCUT2D eigenvalue weighted by Crippen LogP contribution is 2.56. The minimum absolute atomic E-state index is 0.0100. The molecule has 3 aliphatic rings. The molecule has 0 radical (unpaired) electrons. The van der Waals surface area contributed by atoms with Crippen LogP contribution in [0.15, 0.2) is 23.8 Å². The Bertz CT molecular complexity index is 468. The van der Waals surface area contributed by atoms with Crippen LogP contribution in [0.2, 0.25) is 0 Å². The van der Waals surface area contributed by atoms with E-state index in [2.05, 4.69) is 24.1 Å². The fourth-order valence-electron chi connectivity index (χ4n) is 4.61. The van der Waals surface area contributed by atoms with Crippen LogP contribution in [-0.2, 0) is 4.79 Å². The van der Waals surface area contributed by atoms with E-state index in [1.807, 2.05) is 13.0 Å². The summed E-state index contributed by atoms with van der Waals surface area (Å²) < 4.78 is 0. The van der Waals surface area contributed by atoms with Crippen molar-refractivity contribution in [2.24, 2.45) is 17.3 Å². The molecule has 1 spiro atoms. The van der Waals surface area contributed by atoms with Crippen LogP contribution < -0.4 is 0 Å². The first-order valence-corrected chi connectivity index (χ1v) is 7.79. The number of hydrogen-bond donors (Lipinski definition) is 1. The lowest BCUT2D eigenvalue weighted by molar-refractivity contribution is -0.129. The van der Waals surface area contributed by atoms with Crippen molar-refractivity contribution in [3.63, 3.8) is 0 Å². The van der Waals surface area contributed by atoms with E-state index < -0.39 is 0 Å². The first-order valence-electron chi connectivity index (χ1n) is 7.79. The fourth-order valence-corrected chi connectivity index (χ4v) is 4.61. The first-order chi connectivity index (χ1) is 9.54. The minimum atomic E-state index is -0.358. The highest BCUT2D eigenvalue weighted by molar-refractivity contribution is 5.97. The van der Waals surface area contributed by atoms with Crippen molar-refractivity contribution in [1.82, 2.24) is 4.90 Å². The zero-order chi connectivity index (χ0) is 14.3. The van der Waals surface area contributed by atoms with Gasteiger partial charge in [-0.1, -0.05) is 17.7 Å². The van der Waals surface area contributed by atoms with Gasteiger partial charge in [0, 0.05) is 17.9 Å². The summed E-state index contributed by atoms with van der Waals surface area (Å²) in [4.78, 5) is 15.1. The number of carbonyl (C=O) groups excluding carboxylic acids is 1. The Balaban J connectivity index is 2.01. The Hall–Kier alpha value is -0.930. The van der Waals surface area contributed by atoms with Crippen LogP contribution in [0.4, 0.5) is 0 Å². The molecule has 2 aliphatic carbocycles. The molecule has 0 saturated heterocycles. The van der Waals surface area contributed by atoms with Gasteiger partial charge in [-0.2, -0.15) is 0 Å². The fraction of sp³-hybridized carbons (Fsp3) is 0.706. The zero-order valence-corrected chi connectivity index (χ0v) is 12.5. The number of nitrogens with zero attached hydrogens (tertiary/aromatic N) is 1. The minimum Gasteiger partial charge on any atom is -0.392 e. The number of carbonyl (C=O) groups is 1. The van der Waals surface area contributed by atoms with Gasteiger partial charge < -0.3 is 10.0 Å². The Morgan fingerprint density at radius 3 is 3.05 bits per heavy atom. The second kappa shape index (κ2) is 5.12. The van der Waals surface area contributed by atoms with E-state index in [1.54, 1.807) is 0 Å². The van der Waals surface area contributed by atoms with Crippen molar-refractivity contribution in [2.45, 2.75) is 38.7 Å². The van der Waals surface area contributed by atoms with Crippen LogP contribution in [0.1, 0.15) is 32.6 Å². The van der Waals surface area contributed by atoms with Gasteiger partial charge >= 0.3 is 0 Å². The van der Waals surface area contributed by atoms with Crippen LogP contribution in [0.25, 0.3) is 0 Å². The Morgan fingerprint density at radius 2 is 2.25 bits per heavy atom. The number of aliphatic hydroxyl groups is 1. The molecule has 3 heteroatoms. The van der Waals surface area contributed by atoms with Gasteiger partial charge in [0.05, 0.1) is 6.10 Å². The number of hydrogen-bond acceptors (Lipinski definition) is 3. The highest BCUT2D eigenvalue weighted by atomic mass is 16.3. The Morgan fingerprint density at radius 1 is 1.45 bits per heavy atom. The van der Waals surface area contributed by atoms with Crippen molar-refractivity contribution in [3.05, 3.63) is 23.8 Å². The quantitative estimate of drug-likeness (QED) is 0.689. The third-order valence-electron chi connectivity index (χ3n) is 5.56. The van der Waals surface area contributed by atoms with Gasteiger partial charge in [0.25, 0.3) is 0 Å². The molecule has 3 nitrogen and oxygen atoms in total. The molecular weight excluding hydrogens is 250 g/mol. The molecule has 0 amide bonds. The van der Waals surface area contributed by atoms with Crippen LogP contribution in [0.5, 0.6) is 0 Å². The lowest BCUT2D eigenvalue weighted by Gasteiger charge is -2.40. The second-order valence-corrected chi connectivity index (χ2v) is 6.92. The maximum absolute atomic E-state index is 12.8. The van der Waals surface area contributed by atoms with Crippen molar-refractivity contribution < 1.29 is 9.90 Å². The van der Waals surface area contributed by atoms with Crippen LogP contribution >= 0.6 is 0 Å². The average molecular weight is 275 g/mol. The molecule has 110 valence electrons. The first kappa shape index (κ1) is 14.0. The maximum atomic E-state index is 12.8. The summed E-state index contributed by atoms with van der Waals surface area (Å²) in [6.07, 6.45) is 9.46. The molecule has 1 heterocycles. The molecule has 20 heavy (non-hydrogen) atoms. The van der Waals surface area contributed by atoms with Gasteiger partial charge in [0.2, 0.25) is 0 Å². The number of ketones is 1. The van der Waals surface area contributed by atoms with Gasteiger partial charge in [-0.3, -0.25) is 4.79 Å². The molecule has 0 aromatic heterocycles. The van der Waals surface area contributed by atoms with E-state index in [-0.39, 0.29) is 23.2 Å². The van der Waals surface area contributed by atoms with E-state index in [9.17, 15) is 9.90 Å². The van der Waals surface area contributed by atoms with Gasteiger partial charge in [-0.25, -0.2) is 0 Å². The summed E-state index contributed by atoms with van der Waals surface area (Å²) in [7, 11) is 2.11. The summed E-state index contributed by atoms with van der Waals surface area (Å²) in [5.41, 5.74) is 0.847. The molecular formula is C17H25NO2. The van der Waals surface area contributed by atoms with Gasteiger partial charge in [-0.05, 0) is 58.2 Å². The Kier molecular flexibility index (Phi) is 3.59. The number of rotatable bonds is 0. The largest absolute Gasteiger partial charge is 0.392 e. The van der Waals surface area contributed by atoms with Crippen LogP contribution in [0.3, 0.4) is 0 Å². The third kappa shape index (κ3) is 2.08. The van der Waals surface area contributed by atoms with E-state index >= 15 is 0 Å². The average Bonchev–Trinajstić information content (AvgIpc) is 2.67. The van der Waals surface area contributed by atoms with Crippen molar-refractivity contribution in [3.8, 4) is 0 Å². The van der Waals surface area contributed by atoms with E-state index in [1.165, 1.54) is 5.57 Å². The predicted molar refractivity (Wildman–Crippen MR) is 79.3 cm³/mol. The molecule has 4 atom stereocenters. The van der Waals surface area contributed by atoms with Crippen molar-refractivity contribution in [1.29, 1.82) is 0 Å². The SMILES string of the molecule is CC1=CC(=O)[C@]23CCCN(C)CC=C[C@H]2[C@H](O)C[C@@H]3C1. The normalized spacial score (nSPS) is 42.2. The molecule has 0 bridgehead atoms. The summed E-state index contributed by atoms with van der Waals surface area (Å²) in [6.45, 7) is 3.98. The number of likely N-dealkylation sites (N-methyl/N-ethyl adjacent to an activating group) is 1. The van der Waals surface area contributed by atoms with Crippen molar-refractivity contribution in [2.75, 3.05) is 20.1 Å². The number of aliphatic hydroxyl groups excluding tert-OH is 1. The lowest BCUT2D eigenvalue weighted by atomic mass is 9.61. The van der Waals surface area contributed by atoms with E-state index in [0.717, 1.165) is 38.8 Å². The molecule has 1 fully saturated rings. The van der Waals surface area contributed by atoms with Crippen molar-refractivity contribution >= 4 is 5.78 Å². The van der Waals surface area contributed by atoms with E-state index in [4.69, 9.17) is 0 Å². The van der Waals surface area contributed by atoms with E-state index in [0.29, 0.717) is 5.92 Å². The molecule has 0 aromatic carbocycles. The lowest BCUT2D eigenvalue weighted by Crippen LogP contribution is -2.43.